The van der Waals surface area contributed by atoms with Crippen LogP contribution in [0.4, 0.5) is 10.1 Å². The van der Waals surface area contributed by atoms with Crippen molar-refractivity contribution in [3.05, 3.63) is 59.4 Å². The van der Waals surface area contributed by atoms with Gasteiger partial charge in [0.1, 0.15) is 5.82 Å². The van der Waals surface area contributed by atoms with E-state index in [0.29, 0.717) is 22.6 Å². The zero-order valence-electron chi connectivity index (χ0n) is 9.56. The molecular formula is C14H11FN2S. The second-order valence-corrected chi connectivity index (χ2v) is 4.76. The number of rotatable bonds is 3. The summed E-state index contributed by atoms with van der Waals surface area (Å²) in [4.78, 5) is 0.932. The van der Waals surface area contributed by atoms with Gasteiger partial charge in [0, 0.05) is 16.3 Å². The normalized spacial score (nSPS) is 10.0. The zero-order chi connectivity index (χ0) is 13.0. The summed E-state index contributed by atoms with van der Waals surface area (Å²) in [7, 11) is 0. The quantitative estimate of drug-likeness (QED) is 0.676. The first-order valence-corrected chi connectivity index (χ1v) is 6.35. The number of para-hydroxylation sites is 1. The summed E-state index contributed by atoms with van der Waals surface area (Å²) in [6.45, 7) is 0. The highest BCUT2D eigenvalue weighted by atomic mass is 32.2. The van der Waals surface area contributed by atoms with Crippen molar-refractivity contribution in [2.24, 2.45) is 0 Å². The maximum absolute atomic E-state index is 13.6. The fraction of sp³-hybridized carbons (Fsp3) is 0.0714. The van der Waals surface area contributed by atoms with Crippen molar-refractivity contribution < 1.29 is 4.39 Å². The Balaban J connectivity index is 2.12. The van der Waals surface area contributed by atoms with Gasteiger partial charge in [-0.1, -0.05) is 18.2 Å². The molecule has 0 aliphatic rings. The molecule has 2 aromatic carbocycles. The first-order valence-electron chi connectivity index (χ1n) is 5.36. The van der Waals surface area contributed by atoms with E-state index < -0.39 is 0 Å². The second kappa shape index (κ2) is 5.56. The first kappa shape index (κ1) is 12.5. The Kier molecular flexibility index (Phi) is 3.85. The number of nitrogens with two attached hydrogens (primary N) is 1. The molecule has 2 aromatic rings. The van der Waals surface area contributed by atoms with Crippen molar-refractivity contribution >= 4 is 17.4 Å². The number of benzene rings is 2. The van der Waals surface area contributed by atoms with Gasteiger partial charge in [0.05, 0.1) is 11.6 Å². The molecule has 2 N–H and O–H groups in total. The van der Waals surface area contributed by atoms with Gasteiger partial charge in [0.25, 0.3) is 0 Å². The molecule has 0 bridgehead atoms. The maximum atomic E-state index is 13.6. The van der Waals surface area contributed by atoms with E-state index in [1.54, 1.807) is 12.1 Å². The van der Waals surface area contributed by atoms with Crippen LogP contribution in [0.15, 0.2) is 47.4 Å². The number of hydrogen-bond donors (Lipinski definition) is 1. The average molecular weight is 258 g/mol. The molecule has 4 heteroatoms. The Morgan fingerprint density at radius 3 is 2.67 bits per heavy atom. The van der Waals surface area contributed by atoms with E-state index >= 15 is 0 Å². The molecule has 0 aliphatic carbocycles. The topological polar surface area (TPSA) is 49.8 Å². The number of nitrogen functional groups attached to an aromatic ring is 1. The Hall–Kier alpha value is -1.99. The van der Waals surface area contributed by atoms with E-state index in [4.69, 9.17) is 11.0 Å². The van der Waals surface area contributed by atoms with Crippen LogP contribution in [0.1, 0.15) is 11.1 Å². The van der Waals surface area contributed by atoms with Crippen LogP contribution in [0.2, 0.25) is 0 Å². The lowest BCUT2D eigenvalue weighted by molar-refractivity contribution is 0.617. The highest BCUT2D eigenvalue weighted by Crippen LogP contribution is 2.28. The van der Waals surface area contributed by atoms with E-state index in [2.05, 4.69) is 0 Å². The summed E-state index contributed by atoms with van der Waals surface area (Å²) in [5.74, 6) is 0.141. The van der Waals surface area contributed by atoms with Gasteiger partial charge in [-0.2, -0.15) is 5.26 Å². The highest BCUT2D eigenvalue weighted by Gasteiger charge is 2.05. The number of thioether (sulfide) groups is 1. The van der Waals surface area contributed by atoms with E-state index in [1.807, 2.05) is 30.3 Å². The molecular weight excluding hydrogens is 247 g/mol. The van der Waals surface area contributed by atoms with Gasteiger partial charge in [0.2, 0.25) is 0 Å². The molecule has 0 aliphatic heterocycles. The van der Waals surface area contributed by atoms with E-state index in [-0.39, 0.29) is 5.82 Å². The molecule has 0 radical (unpaired) electrons. The molecule has 0 aromatic heterocycles. The Labute approximate surface area is 109 Å². The van der Waals surface area contributed by atoms with Gasteiger partial charge in [-0.3, -0.25) is 0 Å². The standard InChI is InChI=1S/C14H11FN2S/c15-12-7-10(8-16)5-6-11(12)9-18-14-4-2-1-3-13(14)17/h1-7H,9,17H2. The third kappa shape index (κ3) is 2.82. The van der Waals surface area contributed by atoms with Crippen LogP contribution >= 0.6 is 11.8 Å². The van der Waals surface area contributed by atoms with E-state index in [1.165, 1.54) is 17.8 Å². The highest BCUT2D eigenvalue weighted by molar-refractivity contribution is 7.98. The van der Waals surface area contributed by atoms with Crippen molar-refractivity contribution in [3.63, 3.8) is 0 Å². The lowest BCUT2D eigenvalue weighted by atomic mass is 10.1. The van der Waals surface area contributed by atoms with Crippen LogP contribution in [-0.2, 0) is 5.75 Å². The summed E-state index contributed by atoms with van der Waals surface area (Å²) in [6.07, 6.45) is 0. The molecule has 0 heterocycles. The first-order chi connectivity index (χ1) is 8.70. The molecule has 2 rings (SSSR count). The van der Waals surface area contributed by atoms with Crippen molar-refractivity contribution in [1.82, 2.24) is 0 Å². The summed E-state index contributed by atoms with van der Waals surface area (Å²) < 4.78 is 13.6. The van der Waals surface area contributed by atoms with E-state index in [0.717, 1.165) is 4.90 Å². The fourth-order valence-corrected chi connectivity index (χ4v) is 2.46. The number of nitrogens with zero attached hydrogens (tertiary/aromatic N) is 1. The number of hydrogen-bond acceptors (Lipinski definition) is 3. The van der Waals surface area contributed by atoms with Gasteiger partial charge in [-0.15, -0.1) is 11.8 Å². The minimum atomic E-state index is -0.351. The molecule has 0 saturated heterocycles. The SMILES string of the molecule is N#Cc1ccc(CSc2ccccc2N)c(F)c1. The number of nitriles is 1. The van der Waals surface area contributed by atoms with Gasteiger partial charge >= 0.3 is 0 Å². The number of anilines is 1. The Morgan fingerprint density at radius 1 is 1.22 bits per heavy atom. The van der Waals surface area contributed by atoms with Crippen LogP contribution in [0.5, 0.6) is 0 Å². The zero-order valence-corrected chi connectivity index (χ0v) is 10.4. The van der Waals surface area contributed by atoms with Gasteiger partial charge < -0.3 is 5.73 Å². The minimum Gasteiger partial charge on any atom is -0.398 e. The third-order valence-electron chi connectivity index (χ3n) is 2.48. The van der Waals surface area contributed by atoms with Crippen LogP contribution < -0.4 is 5.73 Å². The second-order valence-electron chi connectivity index (χ2n) is 3.74. The predicted octanol–water partition coefficient (Wildman–Crippen LogP) is 3.57. The summed E-state index contributed by atoms with van der Waals surface area (Å²) >= 11 is 1.48. The van der Waals surface area contributed by atoms with Gasteiger partial charge in [-0.05, 0) is 29.8 Å². The lowest BCUT2D eigenvalue weighted by Crippen LogP contribution is -1.91. The van der Waals surface area contributed by atoms with Crippen molar-refractivity contribution in [2.75, 3.05) is 5.73 Å². The fourth-order valence-electron chi connectivity index (χ4n) is 1.50. The Morgan fingerprint density at radius 2 is 2.00 bits per heavy atom. The molecule has 0 amide bonds. The lowest BCUT2D eigenvalue weighted by Gasteiger charge is -2.06. The van der Waals surface area contributed by atoms with Crippen LogP contribution in [0.3, 0.4) is 0 Å². The van der Waals surface area contributed by atoms with E-state index in [9.17, 15) is 4.39 Å². The summed E-state index contributed by atoms with van der Waals surface area (Å²) in [6, 6.07) is 13.9. The molecule has 0 saturated carbocycles. The van der Waals surface area contributed by atoms with Crippen molar-refractivity contribution in [1.29, 1.82) is 5.26 Å². The Bertz CT molecular complexity index is 605. The minimum absolute atomic E-state index is 0.334. The summed E-state index contributed by atoms with van der Waals surface area (Å²) in [5, 5.41) is 8.66. The molecule has 2 nitrogen and oxygen atoms in total. The van der Waals surface area contributed by atoms with Gasteiger partial charge in [-0.25, -0.2) is 4.39 Å². The smallest absolute Gasteiger partial charge is 0.128 e. The molecule has 0 unspecified atom stereocenters. The van der Waals surface area contributed by atoms with Crippen LogP contribution in [0, 0.1) is 17.1 Å². The van der Waals surface area contributed by atoms with Crippen molar-refractivity contribution in [3.8, 4) is 6.07 Å². The maximum Gasteiger partial charge on any atom is 0.128 e. The van der Waals surface area contributed by atoms with Crippen LogP contribution in [-0.4, -0.2) is 0 Å². The average Bonchev–Trinajstić information content (AvgIpc) is 2.39. The summed E-state index contributed by atoms with van der Waals surface area (Å²) in [5.41, 5.74) is 7.41. The molecule has 18 heavy (non-hydrogen) atoms. The largest absolute Gasteiger partial charge is 0.398 e. The van der Waals surface area contributed by atoms with Crippen molar-refractivity contribution in [2.45, 2.75) is 10.6 Å². The monoisotopic (exact) mass is 258 g/mol. The molecule has 0 spiro atoms. The molecule has 0 atom stereocenters. The molecule has 90 valence electrons. The van der Waals surface area contributed by atoms with Crippen LogP contribution in [0.25, 0.3) is 0 Å². The van der Waals surface area contributed by atoms with Gasteiger partial charge in [0.15, 0.2) is 0 Å². The number of halogens is 1. The molecule has 0 fully saturated rings. The third-order valence-corrected chi connectivity index (χ3v) is 3.62. The predicted molar refractivity (Wildman–Crippen MR) is 71.5 cm³/mol.